The molecule has 0 bridgehead atoms. The Hall–Kier alpha value is -3.06. The van der Waals surface area contributed by atoms with Gasteiger partial charge in [0.1, 0.15) is 6.61 Å². The van der Waals surface area contributed by atoms with Crippen molar-refractivity contribution in [3.05, 3.63) is 59.0 Å². The molecule has 0 radical (unpaired) electrons. The number of carbonyl (C=O) groups excluding carboxylic acids is 2. The summed E-state index contributed by atoms with van der Waals surface area (Å²) in [6, 6.07) is 15.5. The number of hydrogen-bond donors (Lipinski definition) is 0. The van der Waals surface area contributed by atoms with Crippen LogP contribution in [0.1, 0.15) is 15.2 Å². The van der Waals surface area contributed by atoms with Gasteiger partial charge < -0.3 is 19.3 Å². The van der Waals surface area contributed by atoms with Crippen molar-refractivity contribution in [2.75, 3.05) is 32.8 Å². The summed E-state index contributed by atoms with van der Waals surface area (Å²) in [4.78, 5) is 30.4. The van der Waals surface area contributed by atoms with Gasteiger partial charge in [0.25, 0.3) is 11.8 Å². The third-order valence-electron chi connectivity index (χ3n) is 5.70. The van der Waals surface area contributed by atoms with E-state index in [1.54, 1.807) is 22.3 Å². The zero-order valence-electron chi connectivity index (χ0n) is 16.7. The number of nitrogens with zero attached hydrogens (tertiary/aromatic N) is 2. The van der Waals surface area contributed by atoms with Crippen LogP contribution in [0.15, 0.2) is 48.5 Å². The van der Waals surface area contributed by atoms with E-state index in [0.717, 1.165) is 20.5 Å². The quantitative estimate of drug-likeness (QED) is 0.636. The summed E-state index contributed by atoms with van der Waals surface area (Å²) in [5, 5.41) is 1.13. The van der Waals surface area contributed by atoms with Crippen molar-refractivity contribution in [2.45, 2.75) is 13.0 Å². The number of aryl methyl sites for hydroxylation is 1. The maximum absolute atomic E-state index is 13.1. The van der Waals surface area contributed by atoms with Crippen molar-refractivity contribution in [1.29, 1.82) is 0 Å². The highest BCUT2D eigenvalue weighted by Crippen LogP contribution is 2.33. The Morgan fingerprint density at radius 1 is 0.933 bits per heavy atom. The lowest BCUT2D eigenvalue weighted by Crippen LogP contribution is -2.55. The van der Waals surface area contributed by atoms with Gasteiger partial charge >= 0.3 is 0 Å². The minimum atomic E-state index is -0.646. The van der Waals surface area contributed by atoms with Crippen molar-refractivity contribution in [3.63, 3.8) is 0 Å². The van der Waals surface area contributed by atoms with E-state index in [2.05, 4.69) is 6.07 Å². The summed E-state index contributed by atoms with van der Waals surface area (Å²) in [6.45, 7) is 4.23. The Kier molecular flexibility index (Phi) is 4.83. The van der Waals surface area contributed by atoms with Gasteiger partial charge in [0.2, 0.25) is 6.10 Å². The van der Waals surface area contributed by atoms with Gasteiger partial charge in [0, 0.05) is 30.9 Å². The SMILES string of the molecule is Cc1c(C(=O)N2CCN(C(=O)C3COc4ccccc4O3)CC2)sc2ccccc12. The molecule has 5 rings (SSSR count). The van der Waals surface area contributed by atoms with E-state index in [1.165, 1.54) is 0 Å². The summed E-state index contributed by atoms with van der Waals surface area (Å²) in [7, 11) is 0. The van der Waals surface area contributed by atoms with E-state index < -0.39 is 6.10 Å². The number of para-hydroxylation sites is 2. The lowest BCUT2D eigenvalue weighted by Gasteiger charge is -2.37. The Morgan fingerprint density at radius 3 is 2.37 bits per heavy atom. The smallest absolute Gasteiger partial charge is 0.267 e. The first-order valence-corrected chi connectivity index (χ1v) is 10.9. The Balaban J connectivity index is 1.23. The molecule has 2 aliphatic rings. The third-order valence-corrected chi connectivity index (χ3v) is 6.96. The first kappa shape index (κ1) is 18.9. The highest BCUT2D eigenvalue weighted by atomic mass is 32.1. The summed E-state index contributed by atoms with van der Waals surface area (Å²) in [6.07, 6.45) is -0.646. The van der Waals surface area contributed by atoms with E-state index in [1.807, 2.05) is 48.2 Å². The van der Waals surface area contributed by atoms with E-state index in [9.17, 15) is 9.59 Å². The highest BCUT2D eigenvalue weighted by molar-refractivity contribution is 7.21. The first-order chi connectivity index (χ1) is 14.6. The van der Waals surface area contributed by atoms with E-state index >= 15 is 0 Å². The molecule has 154 valence electrons. The van der Waals surface area contributed by atoms with Crippen LogP contribution >= 0.6 is 11.3 Å². The number of fused-ring (bicyclic) bond motifs is 2. The van der Waals surface area contributed by atoms with Crippen LogP contribution in [-0.4, -0.2) is 60.5 Å². The van der Waals surface area contributed by atoms with E-state index in [4.69, 9.17) is 9.47 Å². The predicted molar refractivity (Wildman–Crippen MR) is 115 cm³/mol. The van der Waals surface area contributed by atoms with Crippen LogP contribution in [0.5, 0.6) is 11.5 Å². The van der Waals surface area contributed by atoms with Crippen LogP contribution in [0.3, 0.4) is 0 Å². The third kappa shape index (κ3) is 3.29. The normalized spacial score (nSPS) is 18.5. The molecule has 0 N–H and O–H groups in total. The second-order valence-corrected chi connectivity index (χ2v) is 8.59. The standard InChI is InChI=1S/C23H22N2O4S/c1-15-16-6-2-5-9-20(16)30-21(15)23(27)25-12-10-24(11-13-25)22(26)19-14-28-17-7-3-4-8-18(17)29-19/h2-9,19H,10-14H2,1H3. The molecule has 0 aliphatic carbocycles. The molecule has 1 unspecified atom stereocenters. The lowest BCUT2D eigenvalue weighted by atomic mass is 10.1. The molecule has 0 saturated carbocycles. The van der Waals surface area contributed by atoms with Crippen LogP contribution in [0.4, 0.5) is 0 Å². The highest BCUT2D eigenvalue weighted by Gasteiger charge is 2.34. The van der Waals surface area contributed by atoms with Crippen LogP contribution in [0, 0.1) is 6.92 Å². The fraction of sp³-hybridized carbons (Fsp3) is 0.304. The molecule has 2 aromatic carbocycles. The topological polar surface area (TPSA) is 59.1 Å². The Labute approximate surface area is 178 Å². The number of amides is 2. The van der Waals surface area contributed by atoms with E-state index in [-0.39, 0.29) is 18.4 Å². The lowest BCUT2D eigenvalue weighted by molar-refractivity contribution is -0.142. The molecule has 30 heavy (non-hydrogen) atoms. The molecule has 0 spiro atoms. The number of benzene rings is 2. The van der Waals surface area contributed by atoms with Crippen molar-refractivity contribution >= 4 is 33.2 Å². The van der Waals surface area contributed by atoms with Gasteiger partial charge in [0.15, 0.2) is 11.5 Å². The summed E-state index contributed by atoms with van der Waals surface area (Å²) < 4.78 is 12.6. The molecule has 2 amide bonds. The molecule has 7 heteroatoms. The monoisotopic (exact) mass is 422 g/mol. The average molecular weight is 423 g/mol. The molecule has 1 aromatic heterocycles. The van der Waals surface area contributed by atoms with Gasteiger partial charge in [-0.25, -0.2) is 0 Å². The summed E-state index contributed by atoms with van der Waals surface area (Å²) in [5.41, 5.74) is 1.03. The second kappa shape index (κ2) is 7.65. The number of rotatable bonds is 2. The maximum Gasteiger partial charge on any atom is 0.267 e. The molecule has 3 aromatic rings. The van der Waals surface area contributed by atoms with Gasteiger partial charge in [-0.05, 0) is 36.1 Å². The van der Waals surface area contributed by atoms with Crippen LogP contribution < -0.4 is 9.47 Å². The number of thiophene rings is 1. The Bertz CT molecular complexity index is 1120. The van der Waals surface area contributed by atoms with E-state index in [0.29, 0.717) is 37.7 Å². The van der Waals surface area contributed by atoms with Crippen molar-refractivity contribution < 1.29 is 19.1 Å². The zero-order valence-corrected chi connectivity index (χ0v) is 17.5. The molecule has 1 saturated heterocycles. The predicted octanol–water partition coefficient (Wildman–Crippen LogP) is 3.33. The number of carbonyl (C=O) groups is 2. The minimum absolute atomic E-state index is 0.0481. The number of hydrogen-bond acceptors (Lipinski definition) is 5. The van der Waals surface area contributed by atoms with Crippen molar-refractivity contribution in [2.24, 2.45) is 0 Å². The summed E-state index contributed by atoms with van der Waals surface area (Å²) >= 11 is 1.54. The Morgan fingerprint density at radius 2 is 1.60 bits per heavy atom. The number of ether oxygens (including phenoxy) is 2. The molecule has 3 heterocycles. The molecule has 1 atom stereocenters. The zero-order chi connectivity index (χ0) is 20.7. The average Bonchev–Trinajstić information content (AvgIpc) is 3.14. The number of piperazine rings is 1. The van der Waals surface area contributed by atoms with Crippen LogP contribution in [-0.2, 0) is 4.79 Å². The molecule has 2 aliphatic heterocycles. The fourth-order valence-corrected chi connectivity index (χ4v) is 5.17. The molecular weight excluding hydrogens is 400 g/mol. The van der Waals surface area contributed by atoms with Crippen molar-refractivity contribution in [3.8, 4) is 11.5 Å². The first-order valence-electron chi connectivity index (χ1n) is 10.1. The minimum Gasteiger partial charge on any atom is -0.485 e. The van der Waals surface area contributed by atoms with Crippen LogP contribution in [0.2, 0.25) is 0 Å². The van der Waals surface area contributed by atoms with Crippen molar-refractivity contribution in [1.82, 2.24) is 9.80 Å². The maximum atomic E-state index is 13.1. The van der Waals surface area contributed by atoms with Gasteiger partial charge in [-0.1, -0.05) is 30.3 Å². The molecular formula is C23H22N2O4S. The molecule has 1 fully saturated rings. The van der Waals surface area contributed by atoms with Gasteiger partial charge in [-0.2, -0.15) is 0 Å². The summed E-state index contributed by atoms with van der Waals surface area (Å²) in [5.74, 6) is 1.22. The molecule has 6 nitrogen and oxygen atoms in total. The second-order valence-electron chi connectivity index (χ2n) is 7.53. The van der Waals surface area contributed by atoms with Gasteiger partial charge in [-0.15, -0.1) is 11.3 Å². The van der Waals surface area contributed by atoms with Gasteiger partial charge in [0.05, 0.1) is 4.88 Å². The largest absolute Gasteiger partial charge is 0.485 e. The fourth-order valence-electron chi connectivity index (χ4n) is 4.00. The van der Waals surface area contributed by atoms with Gasteiger partial charge in [-0.3, -0.25) is 9.59 Å². The van der Waals surface area contributed by atoms with Crippen LogP contribution in [0.25, 0.3) is 10.1 Å².